The number of nitrogens with two attached hydrogens (primary N) is 1. The van der Waals surface area contributed by atoms with Crippen LogP contribution in [-0.2, 0) is 19.5 Å². The number of hydrogen-bond acceptors (Lipinski definition) is 6. The molecular weight excluding hydrogens is 276 g/mol. The minimum Gasteiger partial charge on any atom is -0.346 e. The van der Waals surface area contributed by atoms with E-state index in [0.717, 1.165) is 29.5 Å². The first-order valence-electron chi connectivity index (χ1n) is 6.51. The number of amides is 1. The molecule has 20 heavy (non-hydrogen) atoms. The molecule has 1 aliphatic heterocycles. The predicted molar refractivity (Wildman–Crippen MR) is 74.3 cm³/mol. The maximum atomic E-state index is 12.1. The van der Waals surface area contributed by atoms with Gasteiger partial charge in [0, 0.05) is 24.4 Å². The molecule has 2 aromatic rings. The average molecular weight is 292 g/mol. The summed E-state index contributed by atoms with van der Waals surface area (Å²) in [6, 6.07) is 0.0686. The van der Waals surface area contributed by atoms with E-state index in [1.165, 1.54) is 11.3 Å². The second-order valence-electron chi connectivity index (χ2n) is 4.80. The van der Waals surface area contributed by atoms with Gasteiger partial charge in [0.25, 0.3) is 5.91 Å². The summed E-state index contributed by atoms with van der Waals surface area (Å²) < 4.78 is 1.87. The van der Waals surface area contributed by atoms with Gasteiger partial charge in [-0.2, -0.15) is 5.10 Å². The van der Waals surface area contributed by atoms with Gasteiger partial charge in [0.05, 0.1) is 6.54 Å². The molecule has 0 spiro atoms. The van der Waals surface area contributed by atoms with Crippen LogP contribution in [0.2, 0.25) is 0 Å². The van der Waals surface area contributed by atoms with Crippen molar-refractivity contribution in [2.45, 2.75) is 38.9 Å². The number of aromatic nitrogens is 4. The Hall–Kier alpha value is -1.80. The number of carbonyl (C=O) groups is 1. The number of nitrogens with one attached hydrogen (secondary N) is 1. The van der Waals surface area contributed by atoms with Crippen LogP contribution in [0.15, 0.2) is 5.38 Å². The third kappa shape index (κ3) is 2.56. The van der Waals surface area contributed by atoms with E-state index in [1.54, 1.807) is 5.38 Å². The fourth-order valence-corrected chi connectivity index (χ4v) is 2.97. The minimum atomic E-state index is -0.147. The van der Waals surface area contributed by atoms with Crippen LogP contribution in [0.4, 0.5) is 0 Å². The number of fused-ring (bicyclic) bond motifs is 1. The number of carbonyl (C=O) groups excluding carboxylic acids is 1. The fraction of sp³-hybridized carbons (Fsp3) is 0.500. The summed E-state index contributed by atoms with van der Waals surface area (Å²) in [7, 11) is 0. The maximum Gasteiger partial charge on any atom is 0.271 e. The molecule has 0 radical (unpaired) electrons. The molecule has 1 unspecified atom stereocenters. The Kier molecular flexibility index (Phi) is 3.49. The second kappa shape index (κ2) is 5.29. The van der Waals surface area contributed by atoms with Crippen molar-refractivity contribution in [2.24, 2.45) is 5.73 Å². The smallest absolute Gasteiger partial charge is 0.271 e. The SMILES string of the molecule is Cc1nc2n(n1)CC(NC(=O)c1csc(CN)n1)CC2. The second-order valence-corrected chi connectivity index (χ2v) is 5.74. The van der Waals surface area contributed by atoms with Crippen LogP contribution in [0, 0.1) is 6.92 Å². The van der Waals surface area contributed by atoms with E-state index in [4.69, 9.17) is 5.73 Å². The van der Waals surface area contributed by atoms with Crippen molar-refractivity contribution < 1.29 is 4.79 Å². The lowest BCUT2D eigenvalue weighted by Crippen LogP contribution is -2.41. The first kappa shape index (κ1) is 13.2. The molecule has 3 rings (SSSR count). The van der Waals surface area contributed by atoms with Crippen LogP contribution in [0.25, 0.3) is 0 Å². The van der Waals surface area contributed by atoms with Crippen LogP contribution in [0.3, 0.4) is 0 Å². The van der Waals surface area contributed by atoms with Crippen molar-refractivity contribution in [3.8, 4) is 0 Å². The van der Waals surface area contributed by atoms with Crippen LogP contribution >= 0.6 is 11.3 Å². The standard InChI is InChI=1S/C12H16N6OS/c1-7-14-10-3-2-8(5-18(10)17-7)15-12(19)9-6-20-11(4-13)16-9/h6,8H,2-5,13H2,1H3,(H,15,19). The van der Waals surface area contributed by atoms with Crippen LogP contribution in [-0.4, -0.2) is 31.7 Å². The van der Waals surface area contributed by atoms with E-state index in [0.29, 0.717) is 18.8 Å². The largest absolute Gasteiger partial charge is 0.346 e. The maximum absolute atomic E-state index is 12.1. The molecule has 1 aliphatic rings. The summed E-state index contributed by atoms with van der Waals surface area (Å²) in [5, 5.41) is 9.83. The monoisotopic (exact) mass is 292 g/mol. The Morgan fingerprint density at radius 3 is 3.20 bits per heavy atom. The van der Waals surface area contributed by atoms with Crippen molar-refractivity contribution in [1.29, 1.82) is 0 Å². The van der Waals surface area contributed by atoms with Gasteiger partial charge in [-0.25, -0.2) is 14.6 Å². The van der Waals surface area contributed by atoms with Gasteiger partial charge in [-0.3, -0.25) is 4.79 Å². The summed E-state index contributed by atoms with van der Waals surface area (Å²) in [4.78, 5) is 20.6. The molecule has 106 valence electrons. The topological polar surface area (TPSA) is 98.7 Å². The van der Waals surface area contributed by atoms with E-state index in [-0.39, 0.29) is 11.9 Å². The molecule has 0 fully saturated rings. The zero-order chi connectivity index (χ0) is 14.1. The average Bonchev–Trinajstić information content (AvgIpc) is 3.03. The van der Waals surface area contributed by atoms with Gasteiger partial charge in [0.15, 0.2) is 0 Å². The number of hydrogen-bond donors (Lipinski definition) is 2. The van der Waals surface area contributed by atoms with Crippen LogP contribution < -0.4 is 11.1 Å². The third-order valence-corrected chi connectivity index (χ3v) is 4.13. The summed E-state index contributed by atoms with van der Waals surface area (Å²) in [5.41, 5.74) is 5.94. The van der Waals surface area contributed by atoms with Crippen molar-refractivity contribution >= 4 is 17.2 Å². The number of nitrogens with zero attached hydrogens (tertiary/aromatic N) is 4. The van der Waals surface area contributed by atoms with Gasteiger partial charge in [0.2, 0.25) is 0 Å². The van der Waals surface area contributed by atoms with Gasteiger partial charge in [-0.15, -0.1) is 11.3 Å². The van der Waals surface area contributed by atoms with Crippen molar-refractivity contribution in [1.82, 2.24) is 25.1 Å². The lowest BCUT2D eigenvalue weighted by molar-refractivity contribution is 0.0921. The Morgan fingerprint density at radius 2 is 2.45 bits per heavy atom. The molecular formula is C12H16N6OS. The molecule has 3 N–H and O–H groups in total. The highest BCUT2D eigenvalue weighted by molar-refractivity contribution is 7.09. The Balaban J connectivity index is 1.65. The molecule has 0 bridgehead atoms. The van der Waals surface area contributed by atoms with Gasteiger partial charge in [0.1, 0.15) is 22.4 Å². The molecule has 2 aromatic heterocycles. The number of aryl methyl sites for hydroxylation is 2. The van der Waals surface area contributed by atoms with E-state index in [1.807, 2.05) is 11.6 Å². The quantitative estimate of drug-likeness (QED) is 0.844. The van der Waals surface area contributed by atoms with Crippen molar-refractivity contribution in [2.75, 3.05) is 0 Å². The summed E-state index contributed by atoms with van der Waals surface area (Å²) in [6.07, 6.45) is 1.70. The van der Waals surface area contributed by atoms with Crippen LogP contribution in [0.1, 0.15) is 33.6 Å². The van der Waals surface area contributed by atoms with Gasteiger partial charge >= 0.3 is 0 Å². The minimum absolute atomic E-state index is 0.0686. The van der Waals surface area contributed by atoms with Gasteiger partial charge in [-0.1, -0.05) is 0 Å². The molecule has 0 saturated heterocycles. The zero-order valence-electron chi connectivity index (χ0n) is 11.2. The molecule has 8 heteroatoms. The van der Waals surface area contributed by atoms with Gasteiger partial charge in [-0.05, 0) is 13.3 Å². The van der Waals surface area contributed by atoms with Crippen LogP contribution in [0.5, 0.6) is 0 Å². The predicted octanol–water partition coefficient (Wildman–Crippen LogP) is 0.247. The molecule has 1 atom stereocenters. The molecule has 0 aliphatic carbocycles. The van der Waals surface area contributed by atoms with E-state index >= 15 is 0 Å². The molecule has 3 heterocycles. The van der Waals surface area contributed by atoms with E-state index < -0.39 is 0 Å². The van der Waals surface area contributed by atoms with Gasteiger partial charge < -0.3 is 11.1 Å². The first-order chi connectivity index (χ1) is 9.65. The fourth-order valence-electron chi connectivity index (χ4n) is 2.32. The highest BCUT2D eigenvalue weighted by Gasteiger charge is 2.23. The molecule has 0 saturated carbocycles. The first-order valence-corrected chi connectivity index (χ1v) is 7.39. The molecule has 7 nitrogen and oxygen atoms in total. The van der Waals surface area contributed by atoms with Crippen molar-refractivity contribution in [3.05, 3.63) is 27.7 Å². The summed E-state index contributed by atoms with van der Waals surface area (Å²) in [6.45, 7) is 2.90. The lowest BCUT2D eigenvalue weighted by Gasteiger charge is -2.23. The molecule has 0 aromatic carbocycles. The number of rotatable bonds is 3. The van der Waals surface area contributed by atoms with E-state index in [2.05, 4.69) is 20.4 Å². The Morgan fingerprint density at radius 1 is 1.60 bits per heavy atom. The third-order valence-electron chi connectivity index (χ3n) is 3.26. The Labute approximate surface area is 120 Å². The normalized spacial score (nSPS) is 17.8. The highest BCUT2D eigenvalue weighted by atomic mass is 32.1. The Bertz CT molecular complexity index is 634. The number of thiazole rings is 1. The molecule has 1 amide bonds. The lowest BCUT2D eigenvalue weighted by atomic mass is 10.1. The zero-order valence-corrected chi connectivity index (χ0v) is 12.0. The van der Waals surface area contributed by atoms with Crippen molar-refractivity contribution in [3.63, 3.8) is 0 Å². The highest BCUT2D eigenvalue weighted by Crippen LogP contribution is 2.14. The summed E-state index contributed by atoms with van der Waals surface area (Å²) >= 11 is 1.41. The summed E-state index contributed by atoms with van der Waals surface area (Å²) in [5.74, 6) is 1.62. The van der Waals surface area contributed by atoms with E-state index in [9.17, 15) is 4.79 Å².